The first kappa shape index (κ1) is 18.5. The molecule has 0 aliphatic carbocycles. The summed E-state index contributed by atoms with van der Waals surface area (Å²) in [4.78, 5) is 16.3. The summed E-state index contributed by atoms with van der Waals surface area (Å²) in [7, 11) is 3.30. The fraction of sp³-hybridized carbons (Fsp3) is 0.474. The highest BCUT2D eigenvalue weighted by Gasteiger charge is 2.43. The molecule has 2 aromatic rings. The van der Waals surface area contributed by atoms with Crippen LogP contribution in [0, 0.1) is 9.74 Å². The number of carbonyl (C=O) groups excluding carboxylic acids is 1. The van der Waals surface area contributed by atoms with Crippen molar-refractivity contribution in [2.75, 3.05) is 11.5 Å². The molecule has 1 aliphatic rings. The van der Waals surface area contributed by atoms with Crippen molar-refractivity contribution in [3.8, 4) is 16.9 Å². The highest BCUT2D eigenvalue weighted by molar-refractivity contribution is 7.80. The van der Waals surface area contributed by atoms with E-state index in [2.05, 4.69) is 20.8 Å². The van der Waals surface area contributed by atoms with Gasteiger partial charge in [0.25, 0.3) is 0 Å². The normalized spacial score (nSPS) is 16.1. The van der Waals surface area contributed by atoms with Crippen LogP contribution in [0.1, 0.15) is 45.9 Å². The summed E-state index contributed by atoms with van der Waals surface area (Å²) in [5.74, 6) is 0.952. The summed E-state index contributed by atoms with van der Waals surface area (Å²) in [6.07, 6.45) is 0.823. The molecule has 0 spiro atoms. The number of hydrogen-bond donors (Lipinski definition) is 0. The minimum Gasteiger partial charge on any atom is -0.494 e. The molecule has 1 aliphatic heterocycles. The molecule has 0 saturated heterocycles. The van der Waals surface area contributed by atoms with Crippen molar-refractivity contribution in [1.82, 2.24) is 0 Å². The van der Waals surface area contributed by atoms with Crippen molar-refractivity contribution < 1.29 is 9.53 Å². The van der Waals surface area contributed by atoms with Crippen LogP contribution in [-0.2, 0) is 10.3 Å². The molecule has 3 rings (SSSR count). The van der Waals surface area contributed by atoms with Gasteiger partial charge in [0.1, 0.15) is 9.57 Å². The van der Waals surface area contributed by atoms with E-state index in [0.717, 1.165) is 32.8 Å². The standard InChI is InChI=1S/C19H23NO2S3/c1-6-11(3)17(21)20-14-9-8-12(22-7-2)10-13(14)15-16(19(20,4)5)24-25-18(15)23/h8-11H,6-7H2,1-5H3/t11-/m1/s1. The second kappa shape index (κ2) is 6.82. The number of ether oxygens (including phenoxy) is 1. The topological polar surface area (TPSA) is 29.5 Å². The molecule has 6 heteroatoms. The van der Waals surface area contributed by atoms with Crippen LogP contribution in [-0.4, -0.2) is 12.5 Å². The van der Waals surface area contributed by atoms with Gasteiger partial charge in [-0.25, -0.2) is 0 Å². The van der Waals surface area contributed by atoms with E-state index >= 15 is 0 Å². The SMILES string of the molecule is CCOc1ccc2c(c1)-c1c(ssc1=S)C(C)(C)N2C(=O)[C@H](C)CC. The molecule has 0 fully saturated rings. The summed E-state index contributed by atoms with van der Waals surface area (Å²) < 4.78 is 6.58. The van der Waals surface area contributed by atoms with Gasteiger partial charge >= 0.3 is 0 Å². The Morgan fingerprint density at radius 1 is 1.32 bits per heavy atom. The van der Waals surface area contributed by atoms with Gasteiger partial charge in [0.2, 0.25) is 5.91 Å². The van der Waals surface area contributed by atoms with Crippen molar-refractivity contribution in [2.45, 2.75) is 46.6 Å². The molecule has 3 nitrogen and oxygen atoms in total. The van der Waals surface area contributed by atoms with Crippen LogP contribution in [0.4, 0.5) is 5.69 Å². The largest absolute Gasteiger partial charge is 0.494 e. The Bertz CT molecular complexity index is 866. The highest BCUT2D eigenvalue weighted by Crippen LogP contribution is 2.53. The number of rotatable bonds is 4. The number of amides is 1. The third kappa shape index (κ3) is 2.94. The van der Waals surface area contributed by atoms with Gasteiger partial charge in [0.15, 0.2) is 0 Å². The monoisotopic (exact) mass is 393 g/mol. The third-order valence-corrected chi connectivity index (χ3v) is 8.12. The first-order chi connectivity index (χ1) is 11.8. The van der Waals surface area contributed by atoms with Gasteiger partial charge < -0.3 is 9.64 Å². The molecule has 0 radical (unpaired) electrons. The quantitative estimate of drug-likeness (QED) is 0.455. The zero-order valence-electron chi connectivity index (χ0n) is 15.2. The summed E-state index contributed by atoms with van der Waals surface area (Å²) in [6, 6.07) is 5.97. The first-order valence-electron chi connectivity index (χ1n) is 8.57. The van der Waals surface area contributed by atoms with E-state index in [1.54, 1.807) is 20.7 Å². The fourth-order valence-corrected chi connectivity index (χ4v) is 6.54. The maximum atomic E-state index is 13.2. The molecule has 1 amide bonds. The predicted molar refractivity (Wildman–Crippen MR) is 110 cm³/mol. The highest BCUT2D eigenvalue weighted by atomic mass is 32.9. The van der Waals surface area contributed by atoms with Gasteiger partial charge in [-0.2, -0.15) is 0 Å². The van der Waals surface area contributed by atoms with Gasteiger partial charge in [0.05, 0.1) is 22.7 Å². The Labute approximate surface area is 161 Å². The van der Waals surface area contributed by atoms with Crippen LogP contribution >= 0.6 is 32.9 Å². The molecular formula is C19H23NO2S3. The maximum absolute atomic E-state index is 13.2. The average Bonchev–Trinajstić information content (AvgIpc) is 2.97. The second-order valence-corrected chi connectivity index (χ2v) is 9.63. The minimum atomic E-state index is -0.409. The van der Waals surface area contributed by atoms with Crippen LogP contribution in [0.3, 0.4) is 0 Å². The Hall–Kier alpha value is -1.24. The Morgan fingerprint density at radius 2 is 2.04 bits per heavy atom. The van der Waals surface area contributed by atoms with Gasteiger partial charge in [-0.1, -0.05) is 46.7 Å². The van der Waals surface area contributed by atoms with E-state index in [-0.39, 0.29) is 11.8 Å². The number of carbonyl (C=O) groups is 1. The van der Waals surface area contributed by atoms with Gasteiger partial charge in [-0.3, -0.25) is 4.79 Å². The second-order valence-electron chi connectivity index (χ2n) is 6.81. The van der Waals surface area contributed by atoms with E-state index < -0.39 is 5.54 Å². The molecule has 0 N–H and O–H groups in total. The number of benzene rings is 1. The molecule has 134 valence electrons. The van der Waals surface area contributed by atoms with Gasteiger partial charge in [-0.15, -0.1) is 0 Å². The molecule has 1 aromatic heterocycles. The molecule has 25 heavy (non-hydrogen) atoms. The molecule has 1 atom stereocenters. The number of anilines is 1. The predicted octanol–water partition coefficient (Wildman–Crippen LogP) is 6.23. The van der Waals surface area contributed by atoms with Crippen LogP contribution in [0.15, 0.2) is 18.2 Å². The van der Waals surface area contributed by atoms with Crippen molar-refractivity contribution in [1.29, 1.82) is 0 Å². The lowest BCUT2D eigenvalue weighted by Gasteiger charge is -2.44. The van der Waals surface area contributed by atoms with Crippen molar-refractivity contribution in [3.63, 3.8) is 0 Å². The zero-order valence-corrected chi connectivity index (χ0v) is 17.7. The van der Waals surface area contributed by atoms with Crippen molar-refractivity contribution >= 4 is 44.5 Å². The third-order valence-electron chi connectivity index (χ3n) is 4.79. The lowest BCUT2D eigenvalue weighted by molar-refractivity contribution is -0.123. The minimum absolute atomic E-state index is 0.0214. The van der Waals surface area contributed by atoms with E-state index in [0.29, 0.717) is 6.61 Å². The van der Waals surface area contributed by atoms with Crippen LogP contribution < -0.4 is 9.64 Å². The van der Waals surface area contributed by atoms with Crippen LogP contribution in [0.5, 0.6) is 5.75 Å². The molecule has 0 bridgehead atoms. The Kier molecular flexibility index (Phi) is 5.06. The zero-order chi connectivity index (χ0) is 18.4. The average molecular weight is 394 g/mol. The van der Waals surface area contributed by atoms with E-state index in [1.165, 1.54) is 4.88 Å². The van der Waals surface area contributed by atoms with Gasteiger partial charge in [0, 0.05) is 17.0 Å². The number of fused-ring (bicyclic) bond motifs is 3. The Balaban J connectivity index is 2.27. The molecule has 2 heterocycles. The molecule has 1 aromatic carbocycles. The fourth-order valence-electron chi connectivity index (χ4n) is 3.25. The summed E-state index contributed by atoms with van der Waals surface area (Å²) >= 11 is 5.62. The van der Waals surface area contributed by atoms with Crippen molar-refractivity contribution in [3.05, 3.63) is 26.9 Å². The number of nitrogens with zero attached hydrogens (tertiary/aromatic N) is 1. The molecular weight excluding hydrogens is 370 g/mol. The summed E-state index contributed by atoms with van der Waals surface area (Å²) in [6.45, 7) is 10.9. The summed E-state index contributed by atoms with van der Waals surface area (Å²) in [5, 5.41) is 0. The maximum Gasteiger partial charge on any atom is 0.230 e. The summed E-state index contributed by atoms with van der Waals surface area (Å²) in [5.41, 5.74) is 2.64. The smallest absolute Gasteiger partial charge is 0.230 e. The van der Waals surface area contributed by atoms with Gasteiger partial charge in [-0.05, 0) is 45.4 Å². The lowest BCUT2D eigenvalue weighted by atomic mass is 9.86. The van der Waals surface area contributed by atoms with E-state index in [1.807, 2.05) is 36.9 Å². The Morgan fingerprint density at radius 3 is 2.68 bits per heavy atom. The lowest BCUT2D eigenvalue weighted by Crippen LogP contribution is -2.49. The van der Waals surface area contributed by atoms with Crippen LogP contribution in [0.2, 0.25) is 0 Å². The van der Waals surface area contributed by atoms with E-state index in [9.17, 15) is 4.79 Å². The molecule has 0 unspecified atom stereocenters. The van der Waals surface area contributed by atoms with Crippen molar-refractivity contribution in [2.24, 2.45) is 5.92 Å². The first-order valence-corrected chi connectivity index (χ1v) is 11.1. The molecule has 0 saturated carbocycles. The van der Waals surface area contributed by atoms with Crippen LogP contribution in [0.25, 0.3) is 11.1 Å². The number of hydrogen-bond acceptors (Lipinski definition) is 5. The van der Waals surface area contributed by atoms with E-state index in [4.69, 9.17) is 17.0 Å².